The zero-order valence-corrected chi connectivity index (χ0v) is 20.4. The molecule has 3 N–H and O–H groups in total. The third-order valence-electron chi connectivity index (χ3n) is 4.54. The zero-order valence-electron chi connectivity index (χ0n) is 18.8. The van der Waals surface area contributed by atoms with Crippen LogP contribution in [0.25, 0.3) is 4.91 Å². The minimum absolute atomic E-state index is 0.122. The van der Waals surface area contributed by atoms with Crippen LogP contribution in [0.5, 0.6) is 11.5 Å². The number of hydrogen-bond acceptors (Lipinski definition) is 8. The molecule has 180 valence electrons. The normalized spacial score (nSPS) is 17.2. The maximum Gasteiger partial charge on any atom is 0.306 e. The van der Waals surface area contributed by atoms with Crippen molar-refractivity contribution in [3.05, 3.63) is 65.9 Å². The van der Waals surface area contributed by atoms with Crippen molar-refractivity contribution in [1.82, 2.24) is 9.62 Å². The van der Waals surface area contributed by atoms with Gasteiger partial charge in [-0.15, -0.1) is 0 Å². The topological polar surface area (TPSA) is 125 Å². The van der Waals surface area contributed by atoms with Crippen LogP contribution in [0.15, 0.2) is 60.3 Å². The van der Waals surface area contributed by atoms with E-state index < -0.39 is 32.3 Å². The number of nitrogens with one attached hydrogen (secondary N) is 1. The molecule has 0 fully saturated rings. The lowest BCUT2D eigenvalue weighted by Crippen LogP contribution is -2.45. The molecule has 0 saturated heterocycles. The highest BCUT2D eigenvalue weighted by Crippen LogP contribution is 2.63. The van der Waals surface area contributed by atoms with Crippen LogP contribution in [0.1, 0.15) is 26.3 Å². The fourth-order valence-corrected chi connectivity index (χ4v) is 6.00. The average molecular weight is 497 g/mol. The Hall–Kier alpha value is -2.73. The molecule has 3 rings (SSSR count). The Kier molecular flexibility index (Phi) is 6.99. The van der Waals surface area contributed by atoms with Crippen LogP contribution in [0.4, 0.5) is 0 Å². The van der Waals surface area contributed by atoms with Gasteiger partial charge >= 0.3 is 10.1 Å². The fraction of sp³-hybridized carbons (Fsp3) is 0.318. The standard InChI is InChI=1S/C22H28N2O7S2/c1-22(2,3)24-21(25)19(20(33(24,28)29)16-8-6-5-7-9-16)23-14-15-30-17-10-12-18(13-11-17)31-32(4,26)27/h5-13,23,28-29H,14-15H2,1-4H3. The number of hydrogen-bond donors (Lipinski definition) is 3. The summed E-state index contributed by atoms with van der Waals surface area (Å²) in [6.07, 6.45) is 0.960. The van der Waals surface area contributed by atoms with E-state index in [2.05, 4.69) is 5.32 Å². The summed E-state index contributed by atoms with van der Waals surface area (Å²) in [4.78, 5) is 13.3. The molecule has 11 heteroatoms. The Morgan fingerprint density at radius 3 is 2.12 bits per heavy atom. The van der Waals surface area contributed by atoms with Crippen LogP contribution in [0.3, 0.4) is 0 Å². The van der Waals surface area contributed by atoms with Gasteiger partial charge in [-0.3, -0.25) is 13.9 Å². The van der Waals surface area contributed by atoms with Crippen molar-refractivity contribution in [2.24, 2.45) is 0 Å². The molecular weight excluding hydrogens is 468 g/mol. The van der Waals surface area contributed by atoms with E-state index in [1.165, 1.54) is 12.1 Å². The summed E-state index contributed by atoms with van der Waals surface area (Å²) >= 11 is 0. The summed E-state index contributed by atoms with van der Waals surface area (Å²) in [6, 6.07) is 14.8. The van der Waals surface area contributed by atoms with Gasteiger partial charge in [-0.1, -0.05) is 41.1 Å². The number of carbonyl (C=O) groups excluding carboxylic acids is 1. The van der Waals surface area contributed by atoms with Crippen LogP contribution in [0, 0.1) is 0 Å². The SMILES string of the molecule is CC(C)(C)N1C(=O)C(NCCOc2ccc(OS(C)(=O)=O)cc2)=C(c2ccccc2)S1(O)O. The van der Waals surface area contributed by atoms with Gasteiger partial charge in [0.1, 0.15) is 28.7 Å². The summed E-state index contributed by atoms with van der Waals surface area (Å²) in [5.41, 5.74) is -0.148. The van der Waals surface area contributed by atoms with Crippen molar-refractivity contribution in [1.29, 1.82) is 0 Å². The van der Waals surface area contributed by atoms with Crippen molar-refractivity contribution in [2.45, 2.75) is 26.3 Å². The summed E-state index contributed by atoms with van der Waals surface area (Å²) in [5, 5.41) is 3.01. The highest BCUT2D eigenvalue weighted by molar-refractivity contribution is 8.31. The molecule has 2 aromatic carbocycles. The number of nitrogens with zero attached hydrogens (tertiary/aromatic N) is 1. The van der Waals surface area contributed by atoms with Crippen LogP contribution in [0.2, 0.25) is 0 Å². The van der Waals surface area contributed by atoms with E-state index in [-0.39, 0.29) is 29.5 Å². The quantitative estimate of drug-likeness (QED) is 0.373. The summed E-state index contributed by atoms with van der Waals surface area (Å²) in [7, 11) is -7.16. The minimum atomic E-state index is -3.61. The molecule has 1 heterocycles. The van der Waals surface area contributed by atoms with Crippen molar-refractivity contribution in [2.75, 3.05) is 19.4 Å². The van der Waals surface area contributed by atoms with Crippen LogP contribution < -0.4 is 14.2 Å². The first-order valence-corrected chi connectivity index (χ1v) is 13.4. The minimum Gasteiger partial charge on any atom is -0.492 e. The predicted octanol–water partition coefficient (Wildman–Crippen LogP) is 3.67. The van der Waals surface area contributed by atoms with Gasteiger partial charge < -0.3 is 14.2 Å². The molecule has 0 unspecified atom stereocenters. The van der Waals surface area contributed by atoms with E-state index >= 15 is 0 Å². The number of carbonyl (C=O) groups is 1. The fourth-order valence-electron chi connectivity index (χ4n) is 3.39. The Morgan fingerprint density at radius 1 is 1.00 bits per heavy atom. The molecule has 33 heavy (non-hydrogen) atoms. The van der Waals surface area contributed by atoms with E-state index in [1.807, 2.05) is 0 Å². The monoisotopic (exact) mass is 496 g/mol. The van der Waals surface area contributed by atoms with Crippen molar-refractivity contribution >= 4 is 31.7 Å². The van der Waals surface area contributed by atoms with Gasteiger partial charge in [-0.2, -0.15) is 8.42 Å². The zero-order chi connectivity index (χ0) is 24.4. The van der Waals surface area contributed by atoms with Gasteiger partial charge in [-0.25, -0.2) is 4.31 Å². The molecular formula is C22H28N2O7S2. The molecule has 0 bridgehead atoms. The number of benzene rings is 2. The Morgan fingerprint density at radius 2 is 1.58 bits per heavy atom. The molecule has 0 radical (unpaired) electrons. The van der Waals surface area contributed by atoms with Crippen molar-refractivity contribution in [3.8, 4) is 11.5 Å². The first kappa shape index (κ1) is 24.9. The maximum absolute atomic E-state index is 13.2. The van der Waals surface area contributed by atoms with Crippen LogP contribution in [-0.4, -0.2) is 52.7 Å². The third kappa shape index (κ3) is 5.80. The first-order valence-electron chi connectivity index (χ1n) is 10.1. The molecule has 0 spiro atoms. The van der Waals surface area contributed by atoms with Crippen LogP contribution in [-0.2, 0) is 14.9 Å². The summed E-state index contributed by atoms with van der Waals surface area (Å²) in [5.74, 6) is 0.154. The number of amides is 1. The molecule has 1 aliphatic heterocycles. The molecule has 0 aliphatic carbocycles. The Balaban J connectivity index is 1.74. The van der Waals surface area contributed by atoms with Gasteiger partial charge in [-0.05, 0) is 45.0 Å². The van der Waals surface area contributed by atoms with Gasteiger partial charge in [0.25, 0.3) is 5.91 Å². The largest absolute Gasteiger partial charge is 0.492 e. The second-order valence-electron chi connectivity index (χ2n) is 8.39. The van der Waals surface area contributed by atoms with Gasteiger partial charge in [0.2, 0.25) is 0 Å². The first-order chi connectivity index (χ1) is 15.3. The molecule has 0 saturated carbocycles. The number of ether oxygens (including phenoxy) is 1. The Bertz CT molecular complexity index is 1140. The number of rotatable bonds is 8. The molecule has 0 atom stereocenters. The summed E-state index contributed by atoms with van der Waals surface area (Å²) < 4.78 is 56.0. The molecule has 9 nitrogen and oxygen atoms in total. The molecule has 0 aromatic heterocycles. The average Bonchev–Trinajstić information content (AvgIpc) is 2.90. The molecule has 1 amide bonds. The smallest absolute Gasteiger partial charge is 0.306 e. The van der Waals surface area contributed by atoms with E-state index in [1.54, 1.807) is 63.2 Å². The van der Waals surface area contributed by atoms with E-state index in [0.717, 1.165) is 10.6 Å². The lowest BCUT2D eigenvalue weighted by Gasteiger charge is -2.45. The second-order valence-corrected chi connectivity index (χ2v) is 11.8. The van der Waals surface area contributed by atoms with Crippen molar-refractivity contribution in [3.63, 3.8) is 0 Å². The lowest BCUT2D eigenvalue weighted by molar-refractivity contribution is -0.125. The van der Waals surface area contributed by atoms with Crippen molar-refractivity contribution < 1.29 is 31.2 Å². The van der Waals surface area contributed by atoms with Gasteiger partial charge in [0.15, 0.2) is 0 Å². The summed E-state index contributed by atoms with van der Waals surface area (Å²) in [6.45, 7) is 5.60. The van der Waals surface area contributed by atoms with E-state index in [4.69, 9.17) is 8.92 Å². The van der Waals surface area contributed by atoms with Gasteiger partial charge in [0.05, 0.1) is 11.8 Å². The Labute approximate surface area is 195 Å². The lowest BCUT2D eigenvalue weighted by atomic mass is 10.1. The molecule has 1 aliphatic rings. The van der Waals surface area contributed by atoms with Crippen LogP contribution >= 0.6 is 10.8 Å². The highest BCUT2D eigenvalue weighted by atomic mass is 32.3. The van der Waals surface area contributed by atoms with Gasteiger partial charge in [0, 0.05) is 12.1 Å². The maximum atomic E-state index is 13.2. The highest BCUT2D eigenvalue weighted by Gasteiger charge is 2.49. The van der Waals surface area contributed by atoms with E-state index in [0.29, 0.717) is 11.3 Å². The third-order valence-corrected chi connectivity index (χ3v) is 7.25. The predicted molar refractivity (Wildman–Crippen MR) is 128 cm³/mol. The van der Waals surface area contributed by atoms with E-state index in [9.17, 15) is 22.3 Å². The second kappa shape index (κ2) is 9.26. The molecule has 2 aromatic rings.